The van der Waals surface area contributed by atoms with Gasteiger partial charge in [0.05, 0.1) is 13.7 Å². The van der Waals surface area contributed by atoms with Crippen molar-refractivity contribution in [2.24, 2.45) is 5.92 Å². The van der Waals surface area contributed by atoms with Crippen LogP contribution in [0.4, 0.5) is 11.4 Å². The van der Waals surface area contributed by atoms with E-state index in [1.54, 1.807) is 13.2 Å². The summed E-state index contributed by atoms with van der Waals surface area (Å²) < 4.78 is 11.4. The van der Waals surface area contributed by atoms with Crippen LogP contribution in [0.25, 0.3) is 0 Å². The molecule has 6 heteroatoms. The zero-order chi connectivity index (χ0) is 20.6. The van der Waals surface area contributed by atoms with Crippen LogP contribution in [-0.4, -0.2) is 57.2 Å². The molecule has 1 unspecified atom stereocenters. The van der Waals surface area contributed by atoms with Crippen LogP contribution >= 0.6 is 0 Å². The fraction of sp³-hybridized carbons (Fsp3) is 0.435. The van der Waals surface area contributed by atoms with E-state index < -0.39 is 0 Å². The van der Waals surface area contributed by atoms with Gasteiger partial charge in [0.15, 0.2) is 11.5 Å². The molecule has 0 bridgehead atoms. The molecule has 1 amide bonds. The van der Waals surface area contributed by atoms with Crippen LogP contribution in [0, 0.1) is 5.92 Å². The summed E-state index contributed by atoms with van der Waals surface area (Å²) in [5.41, 5.74) is 2.00. The summed E-state index contributed by atoms with van der Waals surface area (Å²) >= 11 is 0. The Hall–Kier alpha value is -2.73. The van der Waals surface area contributed by atoms with Gasteiger partial charge >= 0.3 is 0 Å². The van der Waals surface area contributed by atoms with Crippen molar-refractivity contribution in [3.05, 3.63) is 48.5 Å². The number of hydrogen-bond donors (Lipinski definition) is 1. The number of piperazine rings is 1. The molecule has 2 aromatic rings. The Morgan fingerprint density at radius 3 is 2.45 bits per heavy atom. The Bertz CT molecular complexity index is 789. The second-order valence-corrected chi connectivity index (χ2v) is 7.59. The molecule has 1 fully saturated rings. The number of rotatable bonds is 8. The van der Waals surface area contributed by atoms with E-state index in [4.69, 9.17) is 9.47 Å². The van der Waals surface area contributed by atoms with Gasteiger partial charge in [0, 0.05) is 63.0 Å². The number of amides is 1. The van der Waals surface area contributed by atoms with Gasteiger partial charge in [-0.05, 0) is 24.3 Å². The molecule has 3 rings (SSSR count). The Balaban J connectivity index is 1.45. The third-order valence-corrected chi connectivity index (χ3v) is 5.07. The van der Waals surface area contributed by atoms with E-state index in [1.165, 1.54) is 12.6 Å². The quantitative estimate of drug-likeness (QED) is 0.739. The maximum Gasteiger partial charge on any atom is 0.221 e. The molecule has 1 aliphatic rings. The lowest BCUT2D eigenvalue weighted by Gasteiger charge is -2.37. The highest BCUT2D eigenvalue weighted by atomic mass is 16.5. The number of nitrogens with zero attached hydrogens (tertiary/aromatic N) is 2. The lowest BCUT2D eigenvalue weighted by Crippen LogP contribution is -2.48. The standard InChI is InChI=1S/C23H31N3O3/c1-18(16-25-11-13-26(14-12-25)21-7-5-4-6-8-21)17-29-22-10-9-20(24-19(2)27)15-23(22)28-3/h4-10,15,18H,11-14,16-17H2,1-3H3,(H,24,27). The van der Waals surface area contributed by atoms with E-state index >= 15 is 0 Å². The lowest BCUT2D eigenvalue weighted by molar-refractivity contribution is -0.114. The minimum atomic E-state index is -0.110. The highest BCUT2D eigenvalue weighted by Crippen LogP contribution is 2.30. The maximum atomic E-state index is 11.2. The summed E-state index contributed by atoms with van der Waals surface area (Å²) in [5.74, 6) is 1.61. The Morgan fingerprint density at radius 1 is 1.07 bits per heavy atom. The van der Waals surface area contributed by atoms with Gasteiger partial charge in [-0.1, -0.05) is 25.1 Å². The molecule has 2 aromatic carbocycles. The molecule has 6 nitrogen and oxygen atoms in total. The third-order valence-electron chi connectivity index (χ3n) is 5.07. The zero-order valence-electron chi connectivity index (χ0n) is 17.6. The second-order valence-electron chi connectivity index (χ2n) is 7.59. The minimum absolute atomic E-state index is 0.110. The topological polar surface area (TPSA) is 54.0 Å². The van der Waals surface area contributed by atoms with Crippen LogP contribution in [0.1, 0.15) is 13.8 Å². The number of para-hydroxylation sites is 1. The van der Waals surface area contributed by atoms with Crippen LogP contribution < -0.4 is 19.7 Å². The summed E-state index contributed by atoms with van der Waals surface area (Å²) in [7, 11) is 1.61. The molecule has 0 aromatic heterocycles. The third kappa shape index (κ3) is 6.12. The fourth-order valence-corrected chi connectivity index (χ4v) is 3.62. The summed E-state index contributed by atoms with van der Waals surface area (Å²) in [5, 5.41) is 2.76. The fourth-order valence-electron chi connectivity index (χ4n) is 3.62. The number of ether oxygens (including phenoxy) is 2. The molecule has 1 aliphatic heterocycles. The average molecular weight is 398 g/mol. The Morgan fingerprint density at radius 2 is 1.79 bits per heavy atom. The van der Waals surface area contributed by atoms with Crippen LogP contribution in [0.2, 0.25) is 0 Å². The summed E-state index contributed by atoms with van der Waals surface area (Å²) in [4.78, 5) is 16.2. The Labute approximate surface area is 173 Å². The predicted molar refractivity (Wildman–Crippen MR) is 117 cm³/mol. The van der Waals surface area contributed by atoms with Crippen molar-refractivity contribution in [1.82, 2.24) is 4.90 Å². The maximum absolute atomic E-state index is 11.2. The number of hydrogen-bond acceptors (Lipinski definition) is 5. The Kier molecular flexibility index (Phi) is 7.36. The molecule has 0 saturated carbocycles. The van der Waals surface area contributed by atoms with E-state index in [0.29, 0.717) is 29.7 Å². The number of anilines is 2. The van der Waals surface area contributed by atoms with Crippen molar-refractivity contribution in [2.75, 3.05) is 56.7 Å². The number of nitrogens with one attached hydrogen (secondary N) is 1. The first-order valence-electron chi connectivity index (χ1n) is 10.2. The molecule has 0 spiro atoms. The molecule has 1 saturated heterocycles. The van der Waals surface area contributed by atoms with Gasteiger partial charge in [0.1, 0.15) is 0 Å². The molecular formula is C23H31N3O3. The summed E-state index contributed by atoms with van der Waals surface area (Å²) in [6.07, 6.45) is 0. The first-order chi connectivity index (χ1) is 14.0. The van der Waals surface area contributed by atoms with E-state index in [2.05, 4.69) is 52.4 Å². The van der Waals surface area contributed by atoms with E-state index in [-0.39, 0.29) is 5.91 Å². The summed E-state index contributed by atoms with van der Waals surface area (Å²) in [6.45, 7) is 9.55. The van der Waals surface area contributed by atoms with Gasteiger partial charge in [-0.25, -0.2) is 0 Å². The monoisotopic (exact) mass is 397 g/mol. The first-order valence-corrected chi connectivity index (χ1v) is 10.2. The van der Waals surface area contributed by atoms with Gasteiger partial charge in [0.2, 0.25) is 5.91 Å². The van der Waals surface area contributed by atoms with Gasteiger partial charge in [-0.2, -0.15) is 0 Å². The number of carbonyl (C=O) groups excluding carboxylic acids is 1. The predicted octanol–water partition coefficient (Wildman–Crippen LogP) is 3.49. The highest BCUT2D eigenvalue weighted by Gasteiger charge is 2.19. The first kappa shape index (κ1) is 21.0. The second kappa shape index (κ2) is 10.2. The van der Waals surface area contributed by atoms with E-state index in [9.17, 15) is 4.79 Å². The van der Waals surface area contributed by atoms with Crippen LogP contribution in [-0.2, 0) is 4.79 Å². The normalized spacial score (nSPS) is 15.6. The molecule has 0 aliphatic carbocycles. The lowest BCUT2D eigenvalue weighted by atomic mass is 10.1. The molecule has 29 heavy (non-hydrogen) atoms. The number of benzene rings is 2. The van der Waals surface area contributed by atoms with Crippen molar-refractivity contribution >= 4 is 17.3 Å². The highest BCUT2D eigenvalue weighted by molar-refractivity contribution is 5.89. The number of methoxy groups -OCH3 is 1. The van der Waals surface area contributed by atoms with Gasteiger partial charge < -0.3 is 19.7 Å². The zero-order valence-corrected chi connectivity index (χ0v) is 17.6. The van der Waals surface area contributed by atoms with Crippen molar-refractivity contribution in [1.29, 1.82) is 0 Å². The molecular weight excluding hydrogens is 366 g/mol. The van der Waals surface area contributed by atoms with Gasteiger partial charge in [-0.15, -0.1) is 0 Å². The summed E-state index contributed by atoms with van der Waals surface area (Å²) in [6, 6.07) is 16.1. The van der Waals surface area contributed by atoms with Crippen molar-refractivity contribution in [3.63, 3.8) is 0 Å². The largest absolute Gasteiger partial charge is 0.493 e. The molecule has 156 valence electrons. The number of carbonyl (C=O) groups is 1. The minimum Gasteiger partial charge on any atom is -0.493 e. The van der Waals surface area contributed by atoms with Gasteiger partial charge in [-0.3, -0.25) is 9.69 Å². The smallest absolute Gasteiger partial charge is 0.221 e. The van der Waals surface area contributed by atoms with Crippen molar-refractivity contribution < 1.29 is 14.3 Å². The van der Waals surface area contributed by atoms with Crippen LogP contribution in [0.5, 0.6) is 11.5 Å². The van der Waals surface area contributed by atoms with Crippen molar-refractivity contribution in [3.8, 4) is 11.5 Å². The van der Waals surface area contributed by atoms with Gasteiger partial charge in [0.25, 0.3) is 0 Å². The van der Waals surface area contributed by atoms with E-state index in [1.807, 2.05) is 12.1 Å². The van der Waals surface area contributed by atoms with Crippen LogP contribution in [0.3, 0.4) is 0 Å². The molecule has 1 atom stereocenters. The van der Waals surface area contributed by atoms with E-state index in [0.717, 1.165) is 32.7 Å². The van der Waals surface area contributed by atoms with Crippen LogP contribution in [0.15, 0.2) is 48.5 Å². The SMILES string of the molecule is COc1cc(NC(C)=O)ccc1OCC(C)CN1CCN(c2ccccc2)CC1. The molecule has 1 N–H and O–H groups in total. The van der Waals surface area contributed by atoms with Crippen molar-refractivity contribution in [2.45, 2.75) is 13.8 Å². The molecule has 0 radical (unpaired) electrons. The average Bonchev–Trinajstić information content (AvgIpc) is 2.73. The molecule has 1 heterocycles.